The second-order valence-electron chi connectivity index (χ2n) is 5.11. The second kappa shape index (κ2) is 6.55. The Morgan fingerprint density at radius 3 is 2.81 bits per heavy atom. The highest BCUT2D eigenvalue weighted by Gasteiger charge is 2.34. The Balaban J connectivity index is 2.28. The van der Waals surface area contributed by atoms with Crippen molar-refractivity contribution in [2.24, 2.45) is 0 Å². The number of rotatable bonds is 6. The van der Waals surface area contributed by atoms with Crippen LogP contribution in [0.3, 0.4) is 0 Å². The monoisotopic (exact) mass is 313 g/mol. The number of benzene rings is 1. The third-order valence-electron chi connectivity index (χ3n) is 3.71. The van der Waals surface area contributed by atoms with Gasteiger partial charge in [-0.1, -0.05) is 6.07 Å². The van der Waals surface area contributed by atoms with Crippen molar-refractivity contribution < 1.29 is 23.4 Å². The van der Waals surface area contributed by atoms with Gasteiger partial charge in [0.2, 0.25) is 10.0 Å². The number of carboxylic acids is 1. The molecule has 7 heteroatoms. The van der Waals surface area contributed by atoms with Crippen LogP contribution in [-0.2, 0) is 10.0 Å². The molecule has 21 heavy (non-hydrogen) atoms. The van der Waals surface area contributed by atoms with Gasteiger partial charge in [0.15, 0.2) is 0 Å². The number of aliphatic hydroxyl groups is 1. The van der Waals surface area contributed by atoms with Gasteiger partial charge in [0.1, 0.15) is 0 Å². The molecule has 0 aromatic heterocycles. The summed E-state index contributed by atoms with van der Waals surface area (Å²) in [5, 5.41) is 17.9. The van der Waals surface area contributed by atoms with Gasteiger partial charge in [-0.15, -0.1) is 0 Å². The minimum Gasteiger partial charge on any atom is -0.478 e. The Kier molecular flexibility index (Phi) is 4.97. The van der Waals surface area contributed by atoms with Gasteiger partial charge < -0.3 is 10.2 Å². The summed E-state index contributed by atoms with van der Waals surface area (Å²) in [5.41, 5.74) is -0.0396. The van der Waals surface area contributed by atoms with Gasteiger partial charge >= 0.3 is 5.97 Å². The lowest BCUT2D eigenvalue weighted by Gasteiger charge is -2.24. The fraction of sp³-hybridized carbons (Fsp3) is 0.500. The SMILES string of the molecule is O=C(O)c1cccc(S(=O)(=O)N2CCCC2CCCO)c1. The summed E-state index contributed by atoms with van der Waals surface area (Å²) in [6.45, 7) is 0.481. The third kappa shape index (κ3) is 3.42. The van der Waals surface area contributed by atoms with Gasteiger partial charge in [0.25, 0.3) is 0 Å². The van der Waals surface area contributed by atoms with Crippen LogP contribution in [0.25, 0.3) is 0 Å². The van der Waals surface area contributed by atoms with Gasteiger partial charge in [-0.2, -0.15) is 4.31 Å². The minimum absolute atomic E-state index is 0.0123. The predicted molar refractivity (Wildman–Crippen MR) is 76.6 cm³/mol. The first-order chi connectivity index (χ1) is 9.96. The molecule has 1 heterocycles. The average Bonchev–Trinajstić information content (AvgIpc) is 2.94. The van der Waals surface area contributed by atoms with Crippen LogP contribution in [0.4, 0.5) is 0 Å². The molecule has 116 valence electrons. The molecule has 1 aromatic rings. The van der Waals surface area contributed by atoms with Crippen molar-refractivity contribution in [3.05, 3.63) is 29.8 Å². The van der Waals surface area contributed by atoms with Crippen LogP contribution in [-0.4, -0.2) is 48.1 Å². The van der Waals surface area contributed by atoms with E-state index < -0.39 is 16.0 Å². The number of aromatic carboxylic acids is 1. The molecule has 1 unspecified atom stereocenters. The summed E-state index contributed by atoms with van der Waals surface area (Å²) in [4.78, 5) is 11.0. The zero-order valence-electron chi connectivity index (χ0n) is 11.6. The van der Waals surface area contributed by atoms with Crippen LogP contribution in [0, 0.1) is 0 Å². The molecule has 1 aliphatic rings. The molecule has 1 saturated heterocycles. The van der Waals surface area contributed by atoms with Crippen LogP contribution >= 0.6 is 0 Å². The Morgan fingerprint density at radius 1 is 1.38 bits per heavy atom. The number of sulfonamides is 1. The lowest BCUT2D eigenvalue weighted by Crippen LogP contribution is -2.35. The Bertz CT molecular complexity index is 614. The van der Waals surface area contributed by atoms with Crippen molar-refractivity contribution in [2.45, 2.75) is 36.6 Å². The summed E-state index contributed by atoms with van der Waals surface area (Å²) in [5.74, 6) is -1.15. The van der Waals surface area contributed by atoms with Crippen LogP contribution in [0.5, 0.6) is 0 Å². The van der Waals surface area contributed by atoms with Gasteiger partial charge in [-0.25, -0.2) is 13.2 Å². The first kappa shape index (κ1) is 15.9. The van der Waals surface area contributed by atoms with Crippen molar-refractivity contribution in [3.63, 3.8) is 0 Å². The van der Waals surface area contributed by atoms with Gasteiger partial charge in [0.05, 0.1) is 10.5 Å². The van der Waals surface area contributed by atoms with Crippen LogP contribution in [0.1, 0.15) is 36.0 Å². The first-order valence-corrected chi connectivity index (χ1v) is 8.37. The first-order valence-electron chi connectivity index (χ1n) is 6.93. The van der Waals surface area contributed by atoms with Crippen LogP contribution < -0.4 is 0 Å². The number of nitrogens with zero attached hydrogens (tertiary/aromatic N) is 1. The number of carbonyl (C=O) groups is 1. The molecular formula is C14H19NO5S. The molecule has 0 radical (unpaired) electrons. The topological polar surface area (TPSA) is 94.9 Å². The van der Waals surface area contributed by atoms with E-state index in [1.165, 1.54) is 28.6 Å². The number of hydrogen-bond donors (Lipinski definition) is 2. The quantitative estimate of drug-likeness (QED) is 0.825. The van der Waals surface area contributed by atoms with E-state index in [-0.39, 0.29) is 23.1 Å². The Hall–Kier alpha value is -1.44. The van der Waals surface area contributed by atoms with Gasteiger partial charge in [-0.3, -0.25) is 0 Å². The normalized spacial score (nSPS) is 19.8. The summed E-state index contributed by atoms with van der Waals surface area (Å²) >= 11 is 0. The molecule has 1 aromatic carbocycles. The number of hydrogen-bond acceptors (Lipinski definition) is 4. The van der Waals surface area contributed by atoms with E-state index in [0.717, 1.165) is 12.8 Å². The molecule has 0 aliphatic carbocycles. The summed E-state index contributed by atoms with van der Waals surface area (Å²) < 4.78 is 26.7. The molecule has 0 saturated carbocycles. The van der Waals surface area contributed by atoms with Crippen LogP contribution in [0.15, 0.2) is 29.2 Å². The maximum Gasteiger partial charge on any atom is 0.335 e. The fourth-order valence-corrected chi connectivity index (χ4v) is 4.44. The average molecular weight is 313 g/mol. The predicted octanol–water partition coefficient (Wildman–Crippen LogP) is 1.31. The fourth-order valence-electron chi connectivity index (χ4n) is 2.67. The zero-order chi connectivity index (χ0) is 15.5. The second-order valence-corrected chi connectivity index (χ2v) is 7.00. The zero-order valence-corrected chi connectivity index (χ0v) is 12.4. The van der Waals surface area contributed by atoms with Crippen LogP contribution in [0.2, 0.25) is 0 Å². The van der Waals surface area contributed by atoms with Gasteiger partial charge in [0, 0.05) is 19.2 Å². The maximum atomic E-state index is 12.7. The molecule has 0 bridgehead atoms. The molecule has 0 amide bonds. The van der Waals surface area contributed by atoms with E-state index in [4.69, 9.17) is 10.2 Å². The van der Waals surface area contributed by atoms with E-state index in [1.807, 2.05) is 0 Å². The van der Waals surface area contributed by atoms with Crippen molar-refractivity contribution in [1.82, 2.24) is 4.31 Å². The Labute approximate surface area is 124 Å². The lowest BCUT2D eigenvalue weighted by molar-refractivity contribution is 0.0696. The summed E-state index contributed by atoms with van der Waals surface area (Å²) in [6, 6.07) is 5.31. The van der Waals surface area contributed by atoms with Gasteiger partial charge in [-0.05, 0) is 43.9 Å². The highest BCUT2D eigenvalue weighted by molar-refractivity contribution is 7.89. The van der Waals surface area contributed by atoms with E-state index in [1.54, 1.807) is 0 Å². The van der Waals surface area contributed by atoms with E-state index in [9.17, 15) is 13.2 Å². The molecule has 1 aliphatic heterocycles. The molecule has 1 atom stereocenters. The molecule has 2 N–H and O–H groups in total. The molecule has 1 fully saturated rings. The highest BCUT2D eigenvalue weighted by atomic mass is 32.2. The largest absolute Gasteiger partial charge is 0.478 e. The summed E-state index contributed by atoms with van der Waals surface area (Å²) in [6.07, 6.45) is 2.74. The molecule has 6 nitrogen and oxygen atoms in total. The third-order valence-corrected chi connectivity index (χ3v) is 5.65. The maximum absolute atomic E-state index is 12.7. The number of carboxylic acid groups (broad SMARTS) is 1. The lowest BCUT2D eigenvalue weighted by atomic mass is 10.1. The Morgan fingerprint density at radius 2 is 2.14 bits per heavy atom. The summed E-state index contributed by atoms with van der Waals surface area (Å²) in [7, 11) is -3.69. The van der Waals surface area contributed by atoms with Crippen molar-refractivity contribution >= 4 is 16.0 Å². The molecule has 2 rings (SSSR count). The van der Waals surface area contributed by atoms with Crippen molar-refractivity contribution in [3.8, 4) is 0 Å². The molecule has 0 spiro atoms. The van der Waals surface area contributed by atoms with Crippen molar-refractivity contribution in [1.29, 1.82) is 0 Å². The highest BCUT2D eigenvalue weighted by Crippen LogP contribution is 2.28. The molecular weight excluding hydrogens is 294 g/mol. The number of aliphatic hydroxyl groups excluding tert-OH is 1. The van der Waals surface area contributed by atoms with E-state index in [0.29, 0.717) is 19.4 Å². The van der Waals surface area contributed by atoms with E-state index in [2.05, 4.69) is 0 Å². The smallest absolute Gasteiger partial charge is 0.335 e. The minimum atomic E-state index is -3.69. The van der Waals surface area contributed by atoms with Crippen molar-refractivity contribution in [2.75, 3.05) is 13.2 Å². The standard InChI is InChI=1S/C14H19NO5S/c16-9-3-6-12-5-2-8-15(12)21(19,20)13-7-1-4-11(10-13)14(17)18/h1,4,7,10,12,16H,2-3,5-6,8-9H2,(H,17,18). The van der Waals surface area contributed by atoms with E-state index >= 15 is 0 Å².